The van der Waals surface area contributed by atoms with Gasteiger partial charge in [-0.3, -0.25) is 0 Å². The van der Waals surface area contributed by atoms with Gasteiger partial charge in [0.1, 0.15) is 0 Å². The molecule has 0 amide bonds. The van der Waals surface area contributed by atoms with Crippen LogP contribution in [0.15, 0.2) is 485 Å². The van der Waals surface area contributed by atoms with Crippen molar-refractivity contribution >= 4 is 130 Å². The summed E-state index contributed by atoms with van der Waals surface area (Å²) in [5.41, 5.74) is 33.6. The summed E-state index contributed by atoms with van der Waals surface area (Å²) in [6.45, 7) is 0. The molecule has 596 valence electrons. The average Bonchev–Trinajstić information content (AvgIpc) is 0.901. The third-order valence-electron chi connectivity index (χ3n) is 26.6. The molecule has 0 N–H and O–H groups in total. The molecular weight excluding hydrogens is 1550 g/mol. The number of aromatic nitrogens is 4. The van der Waals surface area contributed by atoms with Crippen LogP contribution in [-0.2, 0) is 0 Å². The molecule has 0 unspecified atom stereocenters. The lowest BCUT2D eigenvalue weighted by Gasteiger charge is -2.23. The zero-order chi connectivity index (χ0) is 84.3. The largest absolute Gasteiger partial charge is 0.309 e. The number of para-hydroxylation sites is 8. The second kappa shape index (κ2) is 30.5. The number of nitrogens with zero attached hydrogens (tertiary/aromatic N) is 4. The minimum atomic E-state index is 1.14. The van der Waals surface area contributed by atoms with Crippen LogP contribution in [0.2, 0.25) is 0 Å². The van der Waals surface area contributed by atoms with Crippen LogP contribution in [-0.4, -0.2) is 18.3 Å². The third-order valence-corrected chi connectivity index (χ3v) is 26.6. The molecule has 0 aliphatic carbocycles. The molecule has 4 heteroatoms. The van der Waals surface area contributed by atoms with Crippen molar-refractivity contribution in [1.82, 2.24) is 18.3 Å². The molecule has 0 radical (unpaired) electrons. The van der Waals surface area contributed by atoms with Gasteiger partial charge in [-0.2, -0.15) is 0 Å². The van der Waals surface area contributed by atoms with Gasteiger partial charge in [-0.05, 0) is 229 Å². The van der Waals surface area contributed by atoms with Gasteiger partial charge in [-0.15, -0.1) is 0 Å². The zero-order valence-electron chi connectivity index (χ0n) is 70.0. The van der Waals surface area contributed by atoms with E-state index in [4.69, 9.17) is 0 Å². The van der Waals surface area contributed by atoms with Gasteiger partial charge in [0.25, 0.3) is 0 Å². The minimum Gasteiger partial charge on any atom is -0.309 e. The van der Waals surface area contributed by atoms with Gasteiger partial charge in [-0.25, -0.2) is 0 Å². The maximum Gasteiger partial charge on any atom is 0.0541 e. The van der Waals surface area contributed by atoms with Crippen molar-refractivity contribution in [3.63, 3.8) is 0 Å². The fourth-order valence-corrected chi connectivity index (χ4v) is 21.2. The Kier molecular flexibility index (Phi) is 17.6. The Bertz CT molecular complexity index is 8160. The predicted molar refractivity (Wildman–Crippen MR) is 544 cm³/mol. The van der Waals surface area contributed by atoms with E-state index >= 15 is 0 Å². The van der Waals surface area contributed by atoms with E-state index in [0.29, 0.717) is 0 Å². The Morgan fingerprint density at radius 3 is 0.523 bits per heavy atom. The molecule has 4 aromatic heterocycles. The SMILES string of the molecule is c1ccc(-c2c3cccc(-c4ccc(-n5c6ccccc6c6ccccc65)cc4)c3c(-c3ccccc3)c3cccc(-c4ccc(-n5c6ccccc6c6ccccc65)cc4)c23)cc1.c1ccc(-c2c3cccc(-c4cccc(-n5c6ccccc6c6ccccc65)c4)c3c(-c3ccccc3)c3cccc(-c4cccc(-n5c6ccccc6c6ccccc65)c4)c23)cc1. The van der Waals surface area contributed by atoms with Crippen LogP contribution in [0, 0.1) is 0 Å². The summed E-state index contributed by atoms with van der Waals surface area (Å²) in [6, 6.07) is 178. The number of rotatable bonds is 12. The lowest BCUT2D eigenvalue weighted by atomic mass is 9.81. The Labute approximate surface area is 740 Å². The van der Waals surface area contributed by atoms with Gasteiger partial charge < -0.3 is 18.3 Å². The van der Waals surface area contributed by atoms with E-state index in [0.717, 1.165) is 22.7 Å². The molecule has 128 heavy (non-hydrogen) atoms. The topological polar surface area (TPSA) is 19.7 Å². The van der Waals surface area contributed by atoms with Gasteiger partial charge in [-0.1, -0.05) is 388 Å². The van der Waals surface area contributed by atoms with E-state index in [2.05, 4.69) is 504 Å². The zero-order valence-corrected chi connectivity index (χ0v) is 70.0. The van der Waals surface area contributed by atoms with E-state index in [-0.39, 0.29) is 0 Å². The van der Waals surface area contributed by atoms with Crippen LogP contribution in [0.4, 0.5) is 0 Å². The average molecular weight is 1630 g/mol. The van der Waals surface area contributed by atoms with Crippen LogP contribution >= 0.6 is 0 Å². The van der Waals surface area contributed by atoms with Crippen molar-refractivity contribution in [2.45, 2.75) is 0 Å². The summed E-state index contributed by atoms with van der Waals surface area (Å²) >= 11 is 0. The highest BCUT2D eigenvalue weighted by molar-refractivity contribution is 6.30. The van der Waals surface area contributed by atoms with E-state index in [1.165, 1.54) is 219 Å². The number of fused-ring (bicyclic) bond motifs is 16. The first kappa shape index (κ1) is 73.8. The summed E-state index contributed by atoms with van der Waals surface area (Å²) in [4.78, 5) is 0. The van der Waals surface area contributed by atoms with E-state index < -0.39 is 0 Å². The molecule has 0 aliphatic heterocycles. The van der Waals surface area contributed by atoms with E-state index in [1.807, 2.05) is 0 Å². The lowest BCUT2D eigenvalue weighted by Crippen LogP contribution is -1.97. The number of hydrogen-bond donors (Lipinski definition) is 0. The van der Waals surface area contributed by atoms with Crippen LogP contribution in [0.1, 0.15) is 0 Å². The highest BCUT2D eigenvalue weighted by atomic mass is 15.0. The highest BCUT2D eigenvalue weighted by Crippen LogP contribution is 2.54. The summed E-state index contributed by atoms with van der Waals surface area (Å²) in [5, 5.41) is 20.0. The van der Waals surface area contributed by atoms with Crippen molar-refractivity contribution in [3.05, 3.63) is 485 Å². The van der Waals surface area contributed by atoms with Gasteiger partial charge >= 0.3 is 0 Å². The summed E-state index contributed by atoms with van der Waals surface area (Å²) in [5.74, 6) is 0. The first-order valence-electron chi connectivity index (χ1n) is 44.2. The van der Waals surface area contributed by atoms with Crippen molar-refractivity contribution < 1.29 is 0 Å². The van der Waals surface area contributed by atoms with Crippen molar-refractivity contribution in [2.75, 3.05) is 0 Å². The van der Waals surface area contributed by atoms with Gasteiger partial charge in [0.2, 0.25) is 0 Å². The van der Waals surface area contributed by atoms with Crippen LogP contribution < -0.4 is 0 Å². The maximum absolute atomic E-state index is 2.42. The summed E-state index contributed by atoms with van der Waals surface area (Å²) < 4.78 is 9.62. The molecule has 4 heterocycles. The molecule has 4 nitrogen and oxygen atoms in total. The Hall–Kier alpha value is -16.9. The Balaban J connectivity index is 0.000000139. The lowest BCUT2D eigenvalue weighted by molar-refractivity contribution is 1.18. The first-order chi connectivity index (χ1) is 63.6. The quantitative estimate of drug-likeness (QED) is 0.109. The maximum atomic E-state index is 2.42. The summed E-state index contributed by atoms with van der Waals surface area (Å²) in [7, 11) is 0. The van der Waals surface area contributed by atoms with Crippen molar-refractivity contribution in [1.29, 1.82) is 0 Å². The predicted octanol–water partition coefficient (Wildman–Crippen LogP) is 33.7. The van der Waals surface area contributed by atoms with Gasteiger partial charge in [0, 0.05) is 65.8 Å². The van der Waals surface area contributed by atoms with Gasteiger partial charge in [0.15, 0.2) is 0 Å². The minimum absolute atomic E-state index is 1.14. The van der Waals surface area contributed by atoms with Crippen molar-refractivity contribution in [2.24, 2.45) is 0 Å². The van der Waals surface area contributed by atoms with Crippen LogP contribution in [0.3, 0.4) is 0 Å². The van der Waals surface area contributed by atoms with Crippen molar-refractivity contribution in [3.8, 4) is 112 Å². The van der Waals surface area contributed by atoms with E-state index in [9.17, 15) is 0 Å². The number of benzene rings is 22. The molecular formula is C124H80N4. The molecule has 0 saturated carbocycles. The molecule has 0 aliphatic rings. The molecule has 22 aromatic carbocycles. The molecule has 0 bridgehead atoms. The molecule has 0 atom stereocenters. The normalized spacial score (nSPS) is 11.8. The monoisotopic (exact) mass is 1620 g/mol. The standard InChI is InChI=1S/2C62H40N2/c1-3-19-41(20-4-1)59-53-33-17-32-48(44-24-16-26-46(40-44)64-57-37-13-9-29-51(57)52-30-10-14-38-58(52)64)62(53)60(42-21-5-2-6-22-42)54-34-18-31-47(61(54)59)43-23-15-25-45(39-43)63-55-35-11-7-27-49(55)50-28-8-12-36-56(50)63;1-3-17-43(18-4-1)59-53-27-15-26-48(42-35-39-46(40-36-42)64-57-31-13-9-23-51(57)52-24-10-14-32-58(52)64)62(53)60(44-19-5-2-6-20-44)54-28-16-25-47(61(54)59)41-33-37-45(38-34-41)63-55-29-11-7-21-49(55)50-22-8-12-30-56(50)63/h2*1-40H. The molecule has 26 rings (SSSR count). The Morgan fingerprint density at radius 2 is 0.289 bits per heavy atom. The molecule has 26 aromatic rings. The molecule has 0 saturated heterocycles. The smallest absolute Gasteiger partial charge is 0.0541 e. The summed E-state index contributed by atoms with van der Waals surface area (Å²) in [6.07, 6.45) is 0. The fourth-order valence-electron chi connectivity index (χ4n) is 21.2. The van der Waals surface area contributed by atoms with Gasteiger partial charge in [0.05, 0.1) is 44.1 Å². The molecule has 0 fully saturated rings. The van der Waals surface area contributed by atoms with Crippen LogP contribution in [0.25, 0.3) is 242 Å². The fraction of sp³-hybridized carbons (Fsp3) is 0. The second-order valence-corrected chi connectivity index (χ2v) is 33.5. The first-order valence-corrected chi connectivity index (χ1v) is 44.2. The molecule has 0 spiro atoms. The third kappa shape index (κ3) is 11.9. The highest BCUT2D eigenvalue weighted by Gasteiger charge is 2.27. The second-order valence-electron chi connectivity index (χ2n) is 33.5. The van der Waals surface area contributed by atoms with E-state index in [1.54, 1.807) is 0 Å². The Morgan fingerprint density at radius 1 is 0.109 bits per heavy atom. The van der Waals surface area contributed by atoms with Crippen LogP contribution in [0.5, 0.6) is 0 Å². The number of hydrogen-bond acceptors (Lipinski definition) is 0.